The average molecular weight is 441 g/mol. The Hall–Kier alpha value is -3.76. The van der Waals surface area contributed by atoms with E-state index in [0.29, 0.717) is 31.0 Å². The van der Waals surface area contributed by atoms with E-state index in [4.69, 9.17) is 9.57 Å². The second-order valence-corrected chi connectivity index (χ2v) is 8.61. The van der Waals surface area contributed by atoms with Gasteiger partial charge in [0.15, 0.2) is 5.69 Å². The van der Waals surface area contributed by atoms with Gasteiger partial charge >= 0.3 is 12.1 Å². The van der Waals surface area contributed by atoms with Gasteiger partial charge in [0.1, 0.15) is 5.60 Å². The molecular weight excluding hydrogens is 418 g/mol. The molecule has 32 heavy (non-hydrogen) atoms. The highest BCUT2D eigenvalue weighted by molar-refractivity contribution is 6.21. The van der Waals surface area contributed by atoms with Crippen molar-refractivity contribution >= 4 is 23.9 Å². The van der Waals surface area contributed by atoms with Gasteiger partial charge < -0.3 is 14.5 Å². The molecule has 1 fully saturated rings. The summed E-state index contributed by atoms with van der Waals surface area (Å²) in [7, 11) is 0. The Morgan fingerprint density at radius 2 is 1.62 bits per heavy atom. The first kappa shape index (κ1) is 21.5. The van der Waals surface area contributed by atoms with Gasteiger partial charge in [0.25, 0.3) is 11.8 Å². The highest BCUT2D eigenvalue weighted by Crippen LogP contribution is 2.25. The number of fused-ring (bicyclic) bond motifs is 1. The summed E-state index contributed by atoms with van der Waals surface area (Å²) in [5, 5.41) is 8.24. The van der Waals surface area contributed by atoms with Crippen LogP contribution in [0, 0.1) is 0 Å². The quantitative estimate of drug-likeness (QED) is 0.664. The van der Waals surface area contributed by atoms with Crippen LogP contribution >= 0.6 is 0 Å². The molecule has 0 atom stereocenters. The summed E-state index contributed by atoms with van der Waals surface area (Å²) >= 11 is 0. The average Bonchev–Trinajstić information content (AvgIpc) is 3.33. The summed E-state index contributed by atoms with van der Waals surface area (Å²) < 4.78 is 6.92. The third-order valence-electron chi connectivity index (χ3n) is 5.14. The maximum Gasteiger partial charge on any atom is 0.410 e. The molecule has 2 aliphatic heterocycles. The monoisotopic (exact) mass is 441 g/mol. The summed E-state index contributed by atoms with van der Waals surface area (Å²) in [5.74, 6) is -2.38. The van der Waals surface area contributed by atoms with Crippen LogP contribution in [0.25, 0.3) is 0 Å². The number of piperidine rings is 1. The van der Waals surface area contributed by atoms with Gasteiger partial charge in [-0.05, 0) is 45.7 Å². The van der Waals surface area contributed by atoms with Gasteiger partial charge in [0, 0.05) is 13.1 Å². The summed E-state index contributed by atoms with van der Waals surface area (Å²) in [4.78, 5) is 56.0. The predicted molar refractivity (Wildman–Crippen MR) is 108 cm³/mol. The molecule has 0 saturated carbocycles. The van der Waals surface area contributed by atoms with Crippen molar-refractivity contribution in [3.63, 3.8) is 0 Å². The third kappa shape index (κ3) is 4.18. The van der Waals surface area contributed by atoms with Crippen LogP contribution in [0.4, 0.5) is 4.79 Å². The van der Waals surface area contributed by atoms with E-state index in [1.54, 1.807) is 17.0 Å². The van der Waals surface area contributed by atoms with Gasteiger partial charge in [-0.25, -0.2) is 14.3 Å². The van der Waals surface area contributed by atoms with Gasteiger partial charge in [0.05, 0.1) is 23.4 Å². The molecule has 0 bridgehead atoms. The van der Waals surface area contributed by atoms with Crippen molar-refractivity contribution in [2.24, 2.45) is 0 Å². The van der Waals surface area contributed by atoms with Crippen LogP contribution in [0.2, 0.25) is 0 Å². The summed E-state index contributed by atoms with van der Waals surface area (Å²) in [5.41, 5.74) is -0.346. The SMILES string of the molecule is CC(C)(C)OC(=O)N1CCC(n2cc(C(=O)ON3C(=O)c4ccccc4C3=O)nn2)CC1. The predicted octanol–water partition coefficient (Wildman–Crippen LogP) is 2.22. The number of rotatable bonds is 3. The summed E-state index contributed by atoms with van der Waals surface area (Å²) in [6.45, 7) is 6.41. The minimum Gasteiger partial charge on any atom is -0.444 e. The van der Waals surface area contributed by atoms with Crippen molar-refractivity contribution in [1.82, 2.24) is 25.0 Å². The molecule has 0 N–H and O–H groups in total. The number of imide groups is 1. The number of carbonyl (C=O) groups excluding carboxylic acids is 4. The van der Waals surface area contributed by atoms with E-state index in [1.807, 2.05) is 20.8 Å². The molecule has 3 amide bonds. The molecule has 0 radical (unpaired) electrons. The first-order valence-electron chi connectivity index (χ1n) is 10.2. The smallest absolute Gasteiger partial charge is 0.410 e. The highest BCUT2D eigenvalue weighted by Gasteiger charge is 2.39. The van der Waals surface area contributed by atoms with Gasteiger partial charge in [-0.1, -0.05) is 22.4 Å². The van der Waals surface area contributed by atoms with E-state index in [-0.39, 0.29) is 29.0 Å². The fourth-order valence-corrected chi connectivity index (χ4v) is 3.57. The molecule has 2 aromatic rings. The Kier molecular flexibility index (Phi) is 5.41. The maximum absolute atomic E-state index is 12.5. The molecule has 0 unspecified atom stereocenters. The lowest BCUT2D eigenvalue weighted by atomic mass is 10.1. The van der Waals surface area contributed by atoms with Crippen molar-refractivity contribution in [3.8, 4) is 0 Å². The van der Waals surface area contributed by atoms with Gasteiger partial charge in [-0.15, -0.1) is 5.10 Å². The number of hydrogen-bond acceptors (Lipinski definition) is 8. The minimum absolute atomic E-state index is 0.0676. The zero-order chi connectivity index (χ0) is 23.0. The topological polar surface area (TPSA) is 124 Å². The van der Waals surface area contributed by atoms with E-state index in [2.05, 4.69) is 10.3 Å². The molecule has 1 saturated heterocycles. The molecule has 1 aromatic carbocycles. The number of ether oxygens (including phenoxy) is 1. The first-order valence-corrected chi connectivity index (χ1v) is 10.2. The number of aromatic nitrogens is 3. The zero-order valence-electron chi connectivity index (χ0n) is 18.0. The Balaban J connectivity index is 1.36. The number of hydroxylamine groups is 2. The van der Waals surface area contributed by atoms with Crippen LogP contribution in [0.15, 0.2) is 30.5 Å². The number of amides is 3. The number of benzene rings is 1. The van der Waals surface area contributed by atoms with Gasteiger partial charge in [-0.3, -0.25) is 9.59 Å². The van der Waals surface area contributed by atoms with E-state index in [0.717, 1.165) is 0 Å². The lowest BCUT2D eigenvalue weighted by molar-refractivity contribution is -0.0588. The highest BCUT2D eigenvalue weighted by atomic mass is 16.7. The Morgan fingerprint density at radius 3 is 2.19 bits per heavy atom. The second kappa shape index (κ2) is 8.06. The van der Waals surface area contributed by atoms with E-state index >= 15 is 0 Å². The summed E-state index contributed by atoms with van der Waals surface area (Å²) in [6, 6.07) is 6.15. The molecular formula is C21H23N5O6. The zero-order valence-corrected chi connectivity index (χ0v) is 18.0. The van der Waals surface area contributed by atoms with E-state index < -0.39 is 23.4 Å². The molecule has 0 spiro atoms. The van der Waals surface area contributed by atoms with Crippen molar-refractivity contribution in [2.75, 3.05) is 13.1 Å². The number of likely N-dealkylation sites (tertiary alicyclic amines) is 1. The van der Waals surface area contributed by atoms with Crippen LogP contribution < -0.4 is 0 Å². The molecule has 168 valence electrons. The molecule has 11 heteroatoms. The third-order valence-corrected chi connectivity index (χ3v) is 5.14. The van der Waals surface area contributed by atoms with Crippen molar-refractivity contribution < 1.29 is 28.8 Å². The first-order chi connectivity index (χ1) is 15.1. The molecule has 0 aliphatic carbocycles. The van der Waals surface area contributed by atoms with Crippen LogP contribution in [0.3, 0.4) is 0 Å². The van der Waals surface area contributed by atoms with E-state index in [9.17, 15) is 19.2 Å². The Morgan fingerprint density at radius 1 is 1.03 bits per heavy atom. The molecule has 4 rings (SSSR count). The van der Waals surface area contributed by atoms with Crippen LogP contribution in [-0.4, -0.2) is 67.5 Å². The number of nitrogens with zero attached hydrogens (tertiary/aromatic N) is 5. The van der Waals surface area contributed by atoms with E-state index in [1.165, 1.54) is 23.0 Å². The lowest BCUT2D eigenvalue weighted by Gasteiger charge is -2.33. The maximum atomic E-state index is 12.5. The fraction of sp³-hybridized carbons (Fsp3) is 0.429. The van der Waals surface area contributed by atoms with Crippen molar-refractivity contribution in [2.45, 2.75) is 45.3 Å². The van der Waals surface area contributed by atoms with Gasteiger partial charge in [0.2, 0.25) is 0 Å². The molecule has 3 heterocycles. The second-order valence-electron chi connectivity index (χ2n) is 8.61. The van der Waals surface area contributed by atoms with Gasteiger partial charge in [-0.2, -0.15) is 0 Å². The Bertz CT molecular complexity index is 1050. The molecule has 1 aromatic heterocycles. The fourth-order valence-electron chi connectivity index (χ4n) is 3.57. The van der Waals surface area contributed by atoms with Crippen LogP contribution in [0.5, 0.6) is 0 Å². The van der Waals surface area contributed by atoms with Crippen LogP contribution in [0.1, 0.15) is 70.9 Å². The minimum atomic E-state index is -0.961. The Labute approximate surface area is 183 Å². The summed E-state index contributed by atoms with van der Waals surface area (Å²) in [6.07, 6.45) is 2.26. The van der Waals surface area contributed by atoms with Crippen molar-refractivity contribution in [3.05, 3.63) is 47.3 Å². The largest absolute Gasteiger partial charge is 0.444 e. The molecule has 11 nitrogen and oxygen atoms in total. The lowest BCUT2D eigenvalue weighted by Crippen LogP contribution is -2.42. The van der Waals surface area contributed by atoms with Crippen molar-refractivity contribution in [1.29, 1.82) is 0 Å². The molecule has 2 aliphatic rings. The number of carbonyl (C=O) groups is 4. The standard InChI is InChI=1S/C21H23N5O6/c1-21(2,3)31-20(30)24-10-8-13(9-11-24)25-12-16(22-23-25)19(29)32-26-17(27)14-6-4-5-7-15(14)18(26)28/h4-7,12-13H,8-11H2,1-3H3. The number of hydrogen-bond donors (Lipinski definition) is 0. The normalized spacial score (nSPS) is 16.8. The van der Waals surface area contributed by atoms with Crippen LogP contribution in [-0.2, 0) is 9.57 Å².